The number of aryl methyl sites for hydroxylation is 1. The van der Waals surface area contributed by atoms with Crippen LogP contribution in [0.5, 0.6) is 5.75 Å². The Hall–Kier alpha value is -1.27. The molecule has 2 aliphatic rings. The molecular weight excluding hydrogens is 322 g/mol. The second-order valence-corrected chi connectivity index (χ2v) is 7.84. The summed E-state index contributed by atoms with van der Waals surface area (Å²) >= 11 is 1.94. The second kappa shape index (κ2) is 7.74. The molecule has 0 bridgehead atoms. The highest BCUT2D eigenvalue weighted by atomic mass is 32.2. The smallest absolute Gasteiger partial charge is 0.239 e. The maximum atomic E-state index is 12.9. The molecule has 5 nitrogen and oxygen atoms in total. The zero-order chi connectivity index (χ0) is 17.1. The summed E-state index contributed by atoms with van der Waals surface area (Å²) < 4.78 is 5.51. The number of nitrogens with zero attached hydrogens (tertiary/aromatic N) is 3. The molecule has 0 unspecified atom stereocenters. The van der Waals surface area contributed by atoms with E-state index in [-0.39, 0.29) is 6.04 Å². The molecule has 0 aromatic carbocycles. The van der Waals surface area contributed by atoms with Crippen molar-refractivity contribution in [3.05, 3.63) is 23.0 Å². The van der Waals surface area contributed by atoms with E-state index in [1.54, 1.807) is 7.11 Å². The number of carbonyl (C=O) groups excluding carboxylic acids is 1. The van der Waals surface area contributed by atoms with E-state index in [2.05, 4.69) is 21.7 Å². The number of methoxy groups -OCH3 is 1. The minimum Gasteiger partial charge on any atom is -0.496 e. The third kappa shape index (κ3) is 3.54. The van der Waals surface area contributed by atoms with Gasteiger partial charge < -0.3 is 9.64 Å². The SMILES string of the molecule is COc1c(C)cnc(CN2CCC[C@@H]2C(=O)N2CCSCC2)c1C. The average molecular weight is 350 g/mol. The molecule has 24 heavy (non-hydrogen) atoms. The van der Waals surface area contributed by atoms with Crippen LogP contribution in [0, 0.1) is 13.8 Å². The molecule has 1 amide bonds. The number of pyridine rings is 1. The summed E-state index contributed by atoms with van der Waals surface area (Å²) in [5.41, 5.74) is 3.16. The fourth-order valence-electron chi connectivity index (χ4n) is 3.71. The minimum absolute atomic E-state index is 0.0154. The molecule has 3 rings (SSSR count). The summed E-state index contributed by atoms with van der Waals surface area (Å²) in [6.45, 7) is 7.55. The Morgan fingerprint density at radius 3 is 2.79 bits per heavy atom. The van der Waals surface area contributed by atoms with E-state index in [9.17, 15) is 4.79 Å². The molecular formula is C18H27N3O2S. The van der Waals surface area contributed by atoms with Crippen LogP contribution in [0.4, 0.5) is 0 Å². The van der Waals surface area contributed by atoms with Crippen LogP contribution in [-0.4, -0.2) is 65.0 Å². The summed E-state index contributed by atoms with van der Waals surface area (Å²) in [5, 5.41) is 0. The lowest BCUT2D eigenvalue weighted by atomic mass is 10.1. The first-order chi connectivity index (χ1) is 11.6. The molecule has 0 radical (unpaired) electrons. The number of thioether (sulfide) groups is 1. The summed E-state index contributed by atoms with van der Waals surface area (Å²) in [4.78, 5) is 21.9. The molecule has 0 spiro atoms. The summed E-state index contributed by atoms with van der Waals surface area (Å²) in [6, 6.07) is 0.0154. The summed E-state index contributed by atoms with van der Waals surface area (Å²) in [6.07, 6.45) is 3.92. The molecule has 0 N–H and O–H groups in total. The molecule has 1 aromatic rings. The molecule has 2 aliphatic heterocycles. The van der Waals surface area contributed by atoms with Crippen LogP contribution in [0.25, 0.3) is 0 Å². The maximum Gasteiger partial charge on any atom is 0.239 e. The Bertz CT molecular complexity index is 602. The predicted molar refractivity (Wildman–Crippen MR) is 97.6 cm³/mol. The molecule has 2 saturated heterocycles. The van der Waals surface area contributed by atoms with Crippen LogP contribution >= 0.6 is 11.8 Å². The number of hydrogen-bond acceptors (Lipinski definition) is 5. The van der Waals surface area contributed by atoms with Crippen molar-refractivity contribution >= 4 is 17.7 Å². The summed E-state index contributed by atoms with van der Waals surface area (Å²) in [5.74, 6) is 3.35. The van der Waals surface area contributed by atoms with Gasteiger partial charge in [0.15, 0.2) is 0 Å². The first kappa shape index (κ1) is 17.5. The van der Waals surface area contributed by atoms with Crippen LogP contribution in [-0.2, 0) is 11.3 Å². The van der Waals surface area contributed by atoms with Crippen LogP contribution in [0.1, 0.15) is 29.7 Å². The molecule has 132 valence electrons. The van der Waals surface area contributed by atoms with E-state index in [1.807, 2.05) is 24.9 Å². The van der Waals surface area contributed by atoms with Crippen molar-refractivity contribution in [1.82, 2.24) is 14.8 Å². The monoisotopic (exact) mass is 349 g/mol. The van der Waals surface area contributed by atoms with Gasteiger partial charge in [-0.05, 0) is 33.2 Å². The molecule has 1 aromatic heterocycles. The van der Waals surface area contributed by atoms with Gasteiger partial charge in [0.05, 0.1) is 18.8 Å². The van der Waals surface area contributed by atoms with E-state index in [0.29, 0.717) is 5.91 Å². The largest absolute Gasteiger partial charge is 0.496 e. The lowest BCUT2D eigenvalue weighted by Crippen LogP contribution is -2.48. The Labute approximate surface area is 148 Å². The molecule has 0 aliphatic carbocycles. The highest BCUT2D eigenvalue weighted by molar-refractivity contribution is 7.99. The van der Waals surface area contributed by atoms with Gasteiger partial charge in [0.25, 0.3) is 0 Å². The zero-order valence-corrected chi connectivity index (χ0v) is 15.7. The number of ether oxygens (including phenoxy) is 1. The van der Waals surface area contributed by atoms with E-state index < -0.39 is 0 Å². The molecule has 0 saturated carbocycles. The maximum absolute atomic E-state index is 12.9. The van der Waals surface area contributed by atoms with Crippen molar-refractivity contribution in [2.75, 3.05) is 38.2 Å². The zero-order valence-electron chi connectivity index (χ0n) is 14.9. The summed E-state index contributed by atoms with van der Waals surface area (Å²) in [7, 11) is 1.70. The number of amides is 1. The Balaban J connectivity index is 1.73. The van der Waals surface area contributed by atoms with Gasteiger partial charge in [0.1, 0.15) is 5.75 Å². The Morgan fingerprint density at radius 1 is 1.33 bits per heavy atom. The van der Waals surface area contributed by atoms with Gasteiger partial charge in [0.2, 0.25) is 5.91 Å². The van der Waals surface area contributed by atoms with Crippen molar-refractivity contribution in [3.63, 3.8) is 0 Å². The van der Waals surface area contributed by atoms with E-state index in [1.165, 1.54) is 0 Å². The van der Waals surface area contributed by atoms with Gasteiger partial charge in [-0.1, -0.05) is 0 Å². The first-order valence-electron chi connectivity index (χ1n) is 8.71. The van der Waals surface area contributed by atoms with Crippen LogP contribution in [0.3, 0.4) is 0 Å². The molecule has 2 fully saturated rings. The number of aromatic nitrogens is 1. The molecule has 6 heteroatoms. The lowest BCUT2D eigenvalue weighted by molar-refractivity contribution is -0.135. The fourth-order valence-corrected chi connectivity index (χ4v) is 4.62. The van der Waals surface area contributed by atoms with Crippen molar-refractivity contribution < 1.29 is 9.53 Å². The van der Waals surface area contributed by atoms with Gasteiger partial charge in [-0.15, -0.1) is 0 Å². The van der Waals surface area contributed by atoms with E-state index in [4.69, 9.17) is 4.74 Å². The topological polar surface area (TPSA) is 45.7 Å². The van der Waals surface area contributed by atoms with Gasteiger partial charge >= 0.3 is 0 Å². The Kier molecular flexibility index (Phi) is 5.66. The number of likely N-dealkylation sites (tertiary alicyclic amines) is 1. The standard InChI is InChI=1S/C18H27N3O2S/c1-13-11-19-15(14(2)17(13)23-3)12-21-6-4-5-16(21)18(22)20-7-9-24-10-8-20/h11,16H,4-10,12H2,1-3H3/t16-/m1/s1. The molecule has 1 atom stereocenters. The normalized spacial score (nSPS) is 22.0. The van der Waals surface area contributed by atoms with Crippen LogP contribution < -0.4 is 4.74 Å². The second-order valence-electron chi connectivity index (χ2n) is 6.61. The van der Waals surface area contributed by atoms with Crippen molar-refractivity contribution in [2.24, 2.45) is 0 Å². The van der Waals surface area contributed by atoms with Crippen molar-refractivity contribution in [1.29, 1.82) is 0 Å². The predicted octanol–water partition coefficient (Wildman–Crippen LogP) is 2.25. The Morgan fingerprint density at radius 2 is 2.08 bits per heavy atom. The van der Waals surface area contributed by atoms with Crippen molar-refractivity contribution in [2.45, 2.75) is 39.3 Å². The van der Waals surface area contributed by atoms with Crippen LogP contribution in [0.2, 0.25) is 0 Å². The number of rotatable bonds is 4. The van der Waals surface area contributed by atoms with E-state index in [0.717, 1.165) is 73.1 Å². The van der Waals surface area contributed by atoms with Gasteiger partial charge in [-0.25, -0.2) is 0 Å². The van der Waals surface area contributed by atoms with Gasteiger partial charge in [-0.2, -0.15) is 11.8 Å². The first-order valence-corrected chi connectivity index (χ1v) is 9.87. The van der Waals surface area contributed by atoms with Gasteiger partial charge in [-0.3, -0.25) is 14.7 Å². The highest BCUT2D eigenvalue weighted by Gasteiger charge is 2.34. The van der Waals surface area contributed by atoms with E-state index >= 15 is 0 Å². The number of carbonyl (C=O) groups is 1. The minimum atomic E-state index is 0.0154. The third-order valence-electron chi connectivity index (χ3n) is 5.07. The lowest BCUT2D eigenvalue weighted by Gasteiger charge is -2.32. The quantitative estimate of drug-likeness (QED) is 0.834. The average Bonchev–Trinajstić information content (AvgIpc) is 3.06. The fraction of sp³-hybridized carbons (Fsp3) is 0.667. The number of hydrogen-bond donors (Lipinski definition) is 0. The van der Waals surface area contributed by atoms with Crippen LogP contribution in [0.15, 0.2) is 6.20 Å². The highest BCUT2D eigenvalue weighted by Crippen LogP contribution is 2.28. The van der Waals surface area contributed by atoms with Crippen molar-refractivity contribution in [3.8, 4) is 5.75 Å². The van der Waals surface area contributed by atoms with Gasteiger partial charge in [0, 0.05) is 48.5 Å². The molecule has 3 heterocycles. The third-order valence-corrected chi connectivity index (χ3v) is 6.02.